The molecule has 0 spiro atoms. The van der Waals surface area contributed by atoms with E-state index in [-0.39, 0.29) is 12.4 Å². The highest BCUT2D eigenvalue weighted by molar-refractivity contribution is 5.44. The number of halogens is 1. The van der Waals surface area contributed by atoms with Crippen LogP contribution in [0.5, 0.6) is 0 Å². The highest BCUT2D eigenvalue weighted by Gasteiger charge is 2.09. The Morgan fingerprint density at radius 1 is 1.39 bits per heavy atom. The van der Waals surface area contributed by atoms with E-state index in [1.807, 2.05) is 18.0 Å². The summed E-state index contributed by atoms with van der Waals surface area (Å²) in [7, 11) is 1.84. The van der Waals surface area contributed by atoms with Crippen molar-refractivity contribution in [3.8, 4) is 0 Å². The summed E-state index contributed by atoms with van der Waals surface area (Å²) >= 11 is 0. The fourth-order valence-electron chi connectivity index (χ4n) is 1.79. The third kappa shape index (κ3) is 2.81. The van der Waals surface area contributed by atoms with Gasteiger partial charge in [-0.15, -0.1) is 0 Å². The maximum atomic E-state index is 13.1. The van der Waals surface area contributed by atoms with Crippen molar-refractivity contribution >= 4 is 5.82 Å². The van der Waals surface area contributed by atoms with Crippen LogP contribution in [0.15, 0.2) is 36.8 Å². The fourth-order valence-corrected chi connectivity index (χ4v) is 1.79. The van der Waals surface area contributed by atoms with Gasteiger partial charge in [0.15, 0.2) is 0 Å². The van der Waals surface area contributed by atoms with E-state index in [9.17, 15) is 9.50 Å². The van der Waals surface area contributed by atoms with Crippen LogP contribution in [0.25, 0.3) is 0 Å². The van der Waals surface area contributed by atoms with Gasteiger partial charge in [-0.1, -0.05) is 12.1 Å². The van der Waals surface area contributed by atoms with Crippen molar-refractivity contribution in [1.82, 2.24) is 9.97 Å². The molecule has 1 N–H and O–H groups in total. The average Bonchev–Trinajstić information content (AvgIpc) is 2.38. The number of aliphatic hydroxyl groups excluding tert-OH is 1. The Hall–Kier alpha value is -2.01. The maximum Gasteiger partial charge on any atom is 0.137 e. The van der Waals surface area contributed by atoms with Gasteiger partial charge < -0.3 is 10.0 Å². The standard InChI is InChI=1S/C13H14FN3O/c1-17(7-10-3-2-4-12(14)5-10)13-11(8-18)6-15-9-16-13/h2-6,9,18H,7-8H2,1H3. The van der Waals surface area contributed by atoms with Crippen molar-refractivity contribution in [3.05, 3.63) is 53.7 Å². The third-order valence-corrected chi connectivity index (χ3v) is 2.60. The van der Waals surface area contributed by atoms with E-state index in [0.717, 1.165) is 5.56 Å². The Labute approximate surface area is 105 Å². The van der Waals surface area contributed by atoms with Gasteiger partial charge in [0.2, 0.25) is 0 Å². The quantitative estimate of drug-likeness (QED) is 0.894. The van der Waals surface area contributed by atoms with Gasteiger partial charge in [-0.25, -0.2) is 14.4 Å². The van der Waals surface area contributed by atoms with Crippen LogP contribution in [0, 0.1) is 5.82 Å². The van der Waals surface area contributed by atoms with Crippen molar-refractivity contribution in [2.75, 3.05) is 11.9 Å². The van der Waals surface area contributed by atoms with E-state index >= 15 is 0 Å². The first kappa shape index (κ1) is 12.4. The number of hydrogen-bond acceptors (Lipinski definition) is 4. The van der Waals surface area contributed by atoms with Crippen LogP contribution in [0.2, 0.25) is 0 Å². The first-order valence-electron chi connectivity index (χ1n) is 5.56. The maximum absolute atomic E-state index is 13.1. The van der Waals surface area contributed by atoms with Gasteiger partial charge in [-0.2, -0.15) is 0 Å². The minimum absolute atomic E-state index is 0.121. The minimum atomic E-state index is -0.258. The summed E-state index contributed by atoms with van der Waals surface area (Å²) in [6.07, 6.45) is 3.00. The first-order valence-corrected chi connectivity index (χ1v) is 5.56. The van der Waals surface area contributed by atoms with E-state index in [4.69, 9.17) is 0 Å². The van der Waals surface area contributed by atoms with Crippen LogP contribution < -0.4 is 4.90 Å². The molecule has 18 heavy (non-hydrogen) atoms. The highest BCUT2D eigenvalue weighted by atomic mass is 19.1. The first-order chi connectivity index (χ1) is 8.70. The highest BCUT2D eigenvalue weighted by Crippen LogP contribution is 2.17. The monoisotopic (exact) mass is 247 g/mol. The van der Waals surface area contributed by atoms with E-state index < -0.39 is 0 Å². The Bertz CT molecular complexity index is 533. The molecule has 0 aliphatic carbocycles. The Morgan fingerprint density at radius 3 is 2.94 bits per heavy atom. The number of anilines is 1. The van der Waals surface area contributed by atoms with Crippen LogP contribution >= 0.6 is 0 Å². The van der Waals surface area contributed by atoms with Crippen molar-refractivity contribution in [1.29, 1.82) is 0 Å². The molecule has 94 valence electrons. The number of hydrogen-bond donors (Lipinski definition) is 1. The van der Waals surface area contributed by atoms with Crippen molar-refractivity contribution in [3.63, 3.8) is 0 Å². The van der Waals surface area contributed by atoms with Gasteiger partial charge in [0.1, 0.15) is 18.0 Å². The molecule has 0 fully saturated rings. The second-order valence-corrected chi connectivity index (χ2v) is 4.02. The molecule has 4 nitrogen and oxygen atoms in total. The van der Waals surface area contributed by atoms with Gasteiger partial charge >= 0.3 is 0 Å². The third-order valence-electron chi connectivity index (χ3n) is 2.60. The Balaban J connectivity index is 2.19. The number of nitrogens with zero attached hydrogens (tertiary/aromatic N) is 3. The molecule has 0 saturated heterocycles. The largest absolute Gasteiger partial charge is 0.391 e. The van der Waals surface area contributed by atoms with Gasteiger partial charge in [-0.3, -0.25) is 0 Å². The van der Waals surface area contributed by atoms with E-state index in [0.29, 0.717) is 17.9 Å². The molecule has 0 amide bonds. The molecule has 1 aromatic carbocycles. The predicted octanol–water partition coefficient (Wildman–Crippen LogP) is 1.74. The molecule has 1 heterocycles. The van der Waals surface area contributed by atoms with Crippen molar-refractivity contribution in [2.24, 2.45) is 0 Å². The lowest BCUT2D eigenvalue weighted by atomic mass is 10.2. The zero-order valence-electron chi connectivity index (χ0n) is 10.0. The van der Waals surface area contributed by atoms with Crippen LogP contribution in [-0.2, 0) is 13.2 Å². The zero-order chi connectivity index (χ0) is 13.0. The van der Waals surface area contributed by atoms with Gasteiger partial charge in [-0.05, 0) is 17.7 Å². The molecular weight excluding hydrogens is 233 g/mol. The molecule has 0 atom stereocenters. The summed E-state index contributed by atoms with van der Waals surface area (Å²) in [4.78, 5) is 9.84. The summed E-state index contributed by atoms with van der Waals surface area (Å²) in [5, 5.41) is 9.21. The van der Waals surface area contributed by atoms with Crippen LogP contribution in [0.4, 0.5) is 10.2 Å². The average molecular weight is 247 g/mol. The lowest BCUT2D eigenvalue weighted by molar-refractivity contribution is 0.281. The van der Waals surface area contributed by atoms with Gasteiger partial charge in [0, 0.05) is 25.4 Å². The number of rotatable bonds is 4. The second-order valence-electron chi connectivity index (χ2n) is 4.02. The molecule has 5 heteroatoms. The molecule has 2 aromatic rings. The van der Waals surface area contributed by atoms with Crippen LogP contribution in [0.3, 0.4) is 0 Å². The summed E-state index contributed by atoms with van der Waals surface area (Å²) in [6, 6.07) is 6.41. The van der Waals surface area contributed by atoms with E-state index in [2.05, 4.69) is 9.97 Å². The lowest BCUT2D eigenvalue weighted by Gasteiger charge is -2.20. The van der Waals surface area contributed by atoms with Gasteiger partial charge in [0.05, 0.1) is 6.61 Å². The fraction of sp³-hybridized carbons (Fsp3) is 0.231. The molecular formula is C13H14FN3O. The second kappa shape index (κ2) is 5.55. The number of aliphatic hydroxyl groups is 1. The summed E-state index contributed by atoms with van der Waals surface area (Å²) in [6.45, 7) is 0.394. The van der Waals surface area contributed by atoms with Crippen molar-refractivity contribution < 1.29 is 9.50 Å². The van der Waals surface area contributed by atoms with Gasteiger partial charge in [0.25, 0.3) is 0 Å². The molecule has 0 unspecified atom stereocenters. The number of aromatic nitrogens is 2. The summed E-state index contributed by atoms with van der Waals surface area (Å²) in [5.74, 6) is 0.391. The molecule has 0 radical (unpaired) electrons. The van der Waals surface area contributed by atoms with Crippen LogP contribution in [-0.4, -0.2) is 22.1 Å². The Kier molecular flexibility index (Phi) is 3.84. The SMILES string of the molecule is CN(Cc1cccc(F)c1)c1ncncc1CO. The van der Waals surface area contributed by atoms with Crippen LogP contribution in [0.1, 0.15) is 11.1 Å². The number of benzene rings is 1. The molecule has 0 bridgehead atoms. The predicted molar refractivity (Wildman–Crippen MR) is 66.5 cm³/mol. The normalized spacial score (nSPS) is 10.4. The molecule has 0 saturated carbocycles. The Morgan fingerprint density at radius 2 is 2.22 bits per heavy atom. The zero-order valence-corrected chi connectivity index (χ0v) is 10.0. The molecule has 1 aromatic heterocycles. The van der Waals surface area contributed by atoms with Crippen molar-refractivity contribution in [2.45, 2.75) is 13.2 Å². The summed E-state index contributed by atoms with van der Waals surface area (Å²) < 4.78 is 13.1. The lowest BCUT2D eigenvalue weighted by Crippen LogP contribution is -2.19. The van der Waals surface area contributed by atoms with E-state index in [1.54, 1.807) is 12.3 Å². The van der Waals surface area contributed by atoms with E-state index in [1.165, 1.54) is 18.5 Å². The summed E-state index contributed by atoms with van der Waals surface area (Å²) in [5.41, 5.74) is 1.50. The topological polar surface area (TPSA) is 49.2 Å². The molecule has 2 rings (SSSR count). The molecule has 0 aliphatic rings. The molecule has 0 aliphatic heterocycles. The smallest absolute Gasteiger partial charge is 0.137 e. The minimum Gasteiger partial charge on any atom is -0.391 e.